The molecule has 8 heteroatoms. The van der Waals surface area contributed by atoms with Crippen LogP contribution in [0.2, 0.25) is 0 Å². The minimum atomic E-state index is -3.68. The second kappa shape index (κ2) is 7.67. The highest BCUT2D eigenvalue weighted by atomic mass is 32.2. The normalized spacial score (nSPS) is 12.2. The quantitative estimate of drug-likeness (QED) is 0.775. The summed E-state index contributed by atoms with van der Waals surface area (Å²) in [5.74, 6) is 0.166. The largest absolute Gasteiger partial charge is 0.395 e. The molecule has 0 spiro atoms. The number of benzene rings is 1. The second-order valence-corrected chi connectivity index (χ2v) is 7.59. The first-order chi connectivity index (χ1) is 10.9. The Bertz CT molecular complexity index is 714. The van der Waals surface area contributed by atoms with E-state index in [4.69, 9.17) is 0 Å². The number of hydrogen-bond acceptors (Lipinski definition) is 5. The molecule has 7 nitrogen and oxygen atoms in total. The molecule has 0 bridgehead atoms. The predicted molar refractivity (Wildman–Crippen MR) is 86.2 cm³/mol. The molecule has 0 aliphatic rings. The summed E-state index contributed by atoms with van der Waals surface area (Å²) in [6.45, 7) is 4.45. The molecule has 2 rings (SSSR count). The molecule has 1 N–H and O–H groups in total. The van der Waals surface area contributed by atoms with E-state index in [1.807, 2.05) is 13.8 Å². The summed E-state index contributed by atoms with van der Waals surface area (Å²) >= 11 is 0. The van der Waals surface area contributed by atoms with Crippen molar-refractivity contribution in [1.29, 1.82) is 0 Å². The average Bonchev–Trinajstić information content (AvgIpc) is 3.00. The second-order valence-electron chi connectivity index (χ2n) is 5.68. The maximum Gasteiger partial charge on any atom is 0.243 e. The Kier molecular flexibility index (Phi) is 5.86. The Morgan fingerprint density at radius 2 is 2.04 bits per heavy atom. The van der Waals surface area contributed by atoms with E-state index in [0.717, 1.165) is 0 Å². The maximum absolute atomic E-state index is 13.0. The van der Waals surface area contributed by atoms with E-state index >= 15 is 0 Å². The van der Waals surface area contributed by atoms with Gasteiger partial charge in [0.25, 0.3) is 0 Å². The molecule has 23 heavy (non-hydrogen) atoms. The number of aromatic nitrogens is 3. The smallest absolute Gasteiger partial charge is 0.243 e. The van der Waals surface area contributed by atoms with E-state index in [0.29, 0.717) is 18.7 Å². The summed E-state index contributed by atoms with van der Waals surface area (Å²) < 4.78 is 28.9. The molecule has 0 saturated heterocycles. The van der Waals surface area contributed by atoms with Crippen LogP contribution in [0.15, 0.2) is 41.8 Å². The van der Waals surface area contributed by atoms with Gasteiger partial charge in [-0.3, -0.25) is 0 Å². The van der Waals surface area contributed by atoms with Gasteiger partial charge in [0, 0.05) is 13.1 Å². The molecule has 1 heterocycles. The maximum atomic E-state index is 13.0. The molecular formula is C15H22N4O3S. The first kappa shape index (κ1) is 17.6. The van der Waals surface area contributed by atoms with Crippen LogP contribution in [-0.4, -0.2) is 52.3 Å². The zero-order valence-electron chi connectivity index (χ0n) is 13.3. The van der Waals surface area contributed by atoms with Crippen LogP contribution < -0.4 is 0 Å². The Hall–Kier alpha value is -1.77. The molecule has 0 radical (unpaired) electrons. The van der Waals surface area contributed by atoms with Crippen LogP contribution in [0, 0.1) is 5.92 Å². The van der Waals surface area contributed by atoms with Crippen molar-refractivity contribution in [3.63, 3.8) is 0 Å². The number of nitrogens with zero attached hydrogens (tertiary/aromatic N) is 4. The fourth-order valence-electron chi connectivity index (χ4n) is 2.34. The van der Waals surface area contributed by atoms with Gasteiger partial charge in [0.1, 0.15) is 12.7 Å². The van der Waals surface area contributed by atoms with Crippen molar-refractivity contribution in [2.24, 2.45) is 5.92 Å². The van der Waals surface area contributed by atoms with Crippen LogP contribution in [0.1, 0.15) is 19.4 Å². The van der Waals surface area contributed by atoms with Gasteiger partial charge < -0.3 is 5.11 Å². The number of hydrogen-bond donors (Lipinski definition) is 1. The first-order valence-electron chi connectivity index (χ1n) is 7.46. The highest BCUT2D eigenvalue weighted by Crippen LogP contribution is 2.21. The molecule has 0 unspecified atom stereocenters. The summed E-state index contributed by atoms with van der Waals surface area (Å²) in [6, 6.07) is 6.85. The minimum absolute atomic E-state index is 0.0815. The van der Waals surface area contributed by atoms with Crippen molar-refractivity contribution in [2.75, 3.05) is 19.7 Å². The molecule has 0 fully saturated rings. The molecule has 2 aromatic rings. The van der Waals surface area contributed by atoms with E-state index in [1.54, 1.807) is 35.3 Å². The third-order valence-electron chi connectivity index (χ3n) is 3.31. The van der Waals surface area contributed by atoms with Crippen LogP contribution in [0.4, 0.5) is 0 Å². The fraction of sp³-hybridized carbons (Fsp3) is 0.467. The van der Waals surface area contributed by atoms with Gasteiger partial charge in [0.2, 0.25) is 10.0 Å². The van der Waals surface area contributed by atoms with Crippen LogP contribution in [-0.2, 0) is 16.6 Å². The molecule has 0 aliphatic carbocycles. The van der Waals surface area contributed by atoms with E-state index < -0.39 is 10.0 Å². The lowest BCUT2D eigenvalue weighted by Gasteiger charge is -2.24. The molecule has 0 aliphatic heterocycles. The van der Waals surface area contributed by atoms with Crippen LogP contribution in [0.25, 0.3) is 0 Å². The van der Waals surface area contributed by atoms with Gasteiger partial charge >= 0.3 is 0 Å². The molecule has 1 aromatic carbocycles. The van der Waals surface area contributed by atoms with E-state index in [1.165, 1.54) is 10.6 Å². The highest BCUT2D eigenvalue weighted by Gasteiger charge is 2.27. The van der Waals surface area contributed by atoms with Crippen LogP contribution >= 0.6 is 0 Å². The van der Waals surface area contributed by atoms with Gasteiger partial charge in [0.15, 0.2) is 0 Å². The van der Waals surface area contributed by atoms with Gasteiger partial charge in [-0.2, -0.15) is 9.40 Å². The van der Waals surface area contributed by atoms with E-state index in [2.05, 4.69) is 10.1 Å². The summed E-state index contributed by atoms with van der Waals surface area (Å²) in [4.78, 5) is 4.11. The SMILES string of the molecule is CC(C)CN(CCO)S(=O)(=O)c1ccccc1Cn1cncn1. The number of sulfonamides is 1. The summed E-state index contributed by atoms with van der Waals surface area (Å²) in [5.41, 5.74) is 0.643. The van der Waals surface area contributed by atoms with Crippen molar-refractivity contribution in [2.45, 2.75) is 25.3 Å². The standard InChI is InChI=1S/C15H22N4O3S/c1-13(2)9-19(7-8-20)23(21,22)15-6-4-3-5-14(15)10-18-12-16-11-17-18/h3-6,11-13,20H,7-10H2,1-2H3. The third kappa shape index (κ3) is 4.37. The highest BCUT2D eigenvalue weighted by molar-refractivity contribution is 7.89. The van der Waals surface area contributed by atoms with Gasteiger partial charge in [0.05, 0.1) is 18.0 Å². The minimum Gasteiger partial charge on any atom is -0.395 e. The molecular weight excluding hydrogens is 316 g/mol. The molecule has 126 valence electrons. The van der Waals surface area contributed by atoms with Crippen molar-refractivity contribution in [1.82, 2.24) is 19.1 Å². The molecule has 0 amide bonds. The molecule has 0 atom stereocenters. The summed E-state index contributed by atoms with van der Waals surface area (Å²) in [7, 11) is -3.68. The van der Waals surface area contributed by atoms with Gasteiger partial charge in [-0.1, -0.05) is 32.0 Å². The lowest BCUT2D eigenvalue weighted by atomic mass is 10.2. The van der Waals surface area contributed by atoms with Crippen LogP contribution in [0.5, 0.6) is 0 Å². The monoisotopic (exact) mass is 338 g/mol. The Morgan fingerprint density at radius 3 is 2.65 bits per heavy atom. The molecule has 1 aromatic heterocycles. The Balaban J connectivity index is 2.38. The first-order valence-corrected chi connectivity index (χ1v) is 8.90. The summed E-state index contributed by atoms with van der Waals surface area (Å²) in [5, 5.41) is 13.2. The fourth-order valence-corrected chi connectivity index (χ4v) is 4.15. The lowest BCUT2D eigenvalue weighted by Crippen LogP contribution is -2.37. The predicted octanol–water partition coefficient (Wildman–Crippen LogP) is 0.965. The Labute approximate surface area is 136 Å². The zero-order valence-corrected chi connectivity index (χ0v) is 14.1. The van der Waals surface area contributed by atoms with Crippen molar-refractivity contribution in [3.8, 4) is 0 Å². The lowest BCUT2D eigenvalue weighted by molar-refractivity contribution is 0.244. The van der Waals surface area contributed by atoms with E-state index in [-0.39, 0.29) is 24.0 Å². The topological polar surface area (TPSA) is 88.3 Å². The average molecular weight is 338 g/mol. The van der Waals surface area contributed by atoms with Crippen molar-refractivity contribution in [3.05, 3.63) is 42.5 Å². The molecule has 0 saturated carbocycles. The van der Waals surface area contributed by atoms with Crippen LogP contribution in [0.3, 0.4) is 0 Å². The summed E-state index contributed by atoms with van der Waals surface area (Å²) in [6.07, 6.45) is 2.96. The van der Waals surface area contributed by atoms with Crippen molar-refractivity contribution >= 4 is 10.0 Å². The number of aliphatic hydroxyl groups is 1. The van der Waals surface area contributed by atoms with E-state index in [9.17, 15) is 13.5 Å². The third-order valence-corrected chi connectivity index (χ3v) is 5.27. The zero-order chi connectivity index (χ0) is 16.9. The van der Waals surface area contributed by atoms with Gasteiger partial charge in [-0.25, -0.2) is 18.1 Å². The number of rotatable bonds is 8. The van der Waals surface area contributed by atoms with Gasteiger partial charge in [-0.05, 0) is 17.5 Å². The van der Waals surface area contributed by atoms with Gasteiger partial charge in [-0.15, -0.1) is 0 Å². The Morgan fingerprint density at radius 1 is 1.30 bits per heavy atom. The van der Waals surface area contributed by atoms with Crippen molar-refractivity contribution < 1.29 is 13.5 Å². The number of aliphatic hydroxyl groups excluding tert-OH is 1.